The monoisotopic (exact) mass is 286 g/mol. The van der Waals surface area contributed by atoms with E-state index in [9.17, 15) is 10.1 Å². The summed E-state index contributed by atoms with van der Waals surface area (Å²) in [7, 11) is 1.49. The lowest BCUT2D eigenvalue weighted by molar-refractivity contribution is -0.384. The second-order valence-electron chi connectivity index (χ2n) is 4.90. The molecule has 2 rings (SSSR count). The van der Waals surface area contributed by atoms with Gasteiger partial charge in [-0.25, -0.2) is 0 Å². The Morgan fingerprint density at radius 1 is 1.24 bits per heavy atom. The summed E-state index contributed by atoms with van der Waals surface area (Å²) in [5.41, 5.74) is 3.00. The maximum absolute atomic E-state index is 11.0. The van der Waals surface area contributed by atoms with Gasteiger partial charge in [-0.05, 0) is 25.0 Å². The van der Waals surface area contributed by atoms with Crippen molar-refractivity contribution in [2.24, 2.45) is 0 Å². The number of anilines is 1. The van der Waals surface area contributed by atoms with Gasteiger partial charge in [0, 0.05) is 23.9 Å². The van der Waals surface area contributed by atoms with Gasteiger partial charge in [0.15, 0.2) is 0 Å². The van der Waals surface area contributed by atoms with Crippen LogP contribution < -0.4 is 10.1 Å². The van der Waals surface area contributed by atoms with E-state index in [1.54, 1.807) is 6.07 Å². The Balaban J connectivity index is 2.28. The Kier molecular flexibility index (Phi) is 4.42. The molecule has 0 saturated carbocycles. The first kappa shape index (κ1) is 14.8. The number of nitro groups is 1. The highest BCUT2D eigenvalue weighted by Crippen LogP contribution is 2.29. The summed E-state index contributed by atoms with van der Waals surface area (Å²) in [5.74, 6) is 0.462. The summed E-state index contributed by atoms with van der Waals surface area (Å²) in [6, 6.07) is 12.8. The molecule has 0 spiro atoms. The molecule has 0 fully saturated rings. The first-order valence-corrected chi connectivity index (χ1v) is 6.67. The molecular weight excluding hydrogens is 268 g/mol. The van der Waals surface area contributed by atoms with E-state index in [1.165, 1.54) is 24.8 Å². The third-order valence-electron chi connectivity index (χ3n) is 3.38. The highest BCUT2D eigenvalue weighted by Gasteiger charge is 2.13. The lowest BCUT2D eigenvalue weighted by Gasteiger charge is -2.18. The van der Waals surface area contributed by atoms with Crippen molar-refractivity contribution >= 4 is 11.4 Å². The number of methoxy groups -OCH3 is 1. The fourth-order valence-electron chi connectivity index (χ4n) is 2.29. The molecule has 110 valence electrons. The van der Waals surface area contributed by atoms with E-state index in [1.807, 2.05) is 38.1 Å². The molecule has 2 aromatic carbocycles. The summed E-state index contributed by atoms with van der Waals surface area (Å²) >= 11 is 0. The van der Waals surface area contributed by atoms with Gasteiger partial charge in [-0.2, -0.15) is 0 Å². The minimum Gasteiger partial charge on any atom is -0.496 e. The summed E-state index contributed by atoms with van der Waals surface area (Å²) < 4.78 is 5.11. The molecule has 0 aliphatic carbocycles. The van der Waals surface area contributed by atoms with Crippen molar-refractivity contribution in [3.63, 3.8) is 0 Å². The van der Waals surface area contributed by atoms with Crippen molar-refractivity contribution in [2.45, 2.75) is 19.9 Å². The number of non-ortho nitro benzene ring substituents is 1. The molecule has 0 radical (unpaired) electrons. The number of ether oxygens (including phenoxy) is 1. The van der Waals surface area contributed by atoms with Crippen LogP contribution in [0.1, 0.15) is 24.1 Å². The van der Waals surface area contributed by atoms with Crippen LogP contribution >= 0.6 is 0 Å². The van der Waals surface area contributed by atoms with Gasteiger partial charge in [-0.3, -0.25) is 10.1 Å². The van der Waals surface area contributed by atoms with Gasteiger partial charge in [0.2, 0.25) is 0 Å². The SMILES string of the molecule is COc1cc(NC(C)c2ccccc2C)cc([N+](=O)[O-])c1. The zero-order valence-corrected chi connectivity index (χ0v) is 12.3. The molecule has 0 aliphatic rings. The van der Waals surface area contributed by atoms with E-state index in [2.05, 4.69) is 5.32 Å². The lowest BCUT2D eigenvalue weighted by Crippen LogP contribution is -2.08. The van der Waals surface area contributed by atoms with Gasteiger partial charge in [-0.15, -0.1) is 0 Å². The quantitative estimate of drug-likeness (QED) is 0.664. The number of hydrogen-bond acceptors (Lipinski definition) is 4. The number of nitrogens with zero attached hydrogens (tertiary/aromatic N) is 1. The van der Waals surface area contributed by atoms with Crippen LogP contribution in [0.2, 0.25) is 0 Å². The minimum atomic E-state index is -0.424. The molecular formula is C16H18N2O3. The summed E-state index contributed by atoms with van der Waals surface area (Å²) in [5, 5.41) is 14.2. The number of rotatable bonds is 5. The predicted octanol–water partition coefficient (Wildman–Crippen LogP) is 4.08. The minimum absolute atomic E-state index is 0.00818. The summed E-state index contributed by atoms with van der Waals surface area (Å²) in [4.78, 5) is 10.5. The Morgan fingerprint density at radius 3 is 2.57 bits per heavy atom. The molecule has 0 bridgehead atoms. The number of nitrogens with one attached hydrogen (secondary N) is 1. The van der Waals surface area contributed by atoms with Gasteiger partial charge in [0.25, 0.3) is 5.69 Å². The maximum atomic E-state index is 11.0. The fourth-order valence-corrected chi connectivity index (χ4v) is 2.29. The normalized spacial score (nSPS) is 11.8. The Labute approximate surface area is 123 Å². The summed E-state index contributed by atoms with van der Waals surface area (Å²) in [6.45, 7) is 4.06. The van der Waals surface area contributed by atoms with Crippen LogP contribution in [0.25, 0.3) is 0 Å². The van der Waals surface area contributed by atoms with Gasteiger partial charge in [0.05, 0.1) is 18.1 Å². The number of hydrogen-bond donors (Lipinski definition) is 1. The molecule has 0 heterocycles. The van der Waals surface area contributed by atoms with Crippen LogP contribution in [0.15, 0.2) is 42.5 Å². The van der Waals surface area contributed by atoms with Crippen molar-refractivity contribution in [1.82, 2.24) is 0 Å². The van der Waals surface area contributed by atoms with Crippen LogP contribution in [0, 0.1) is 17.0 Å². The number of aryl methyl sites for hydroxylation is 1. The molecule has 0 aliphatic heterocycles. The fraction of sp³-hybridized carbons (Fsp3) is 0.250. The Morgan fingerprint density at radius 2 is 1.95 bits per heavy atom. The van der Waals surface area contributed by atoms with Gasteiger partial charge >= 0.3 is 0 Å². The molecule has 0 amide bonds. The van der Waals surface area contributed by atoms with E-state index in [-0.39, 0.29) is 11.7 Å². The third kappa shape index (κ3) is 3.51. The molecule has 1 unspecified atom stereocenters. The Hall–Kier alpha value is -2.56. The third-order valence-corrected chi connectivity index (χ3v) is 3.38. The smallest absolute Gasteiger partial charge is 0.275 e. The van der Waals surface area contributed by atoms with Crippen LogP contribution in [0.5, 0.6) is 5.75 Å². The second-order valence-corrected chi connectivity index (χ2v) is 4.90. The molecule has 0 saturated heterocycles. The van der Waals surface area contributed by atoms with Crippen LogP contribution in [-0.2, 0) is 0 Å². The topological polar surface area (TPSA) is 64.4 Å². The van der Waals surface area contributed by atoms with Crippen molar-refractivity contribution in [1.29, 1.82) is 0 Å². The van der Waals surface area contributed by atoms with Crippen molar-refractivity contribution < 1.29 is 9.66 Å². The zero-order valence-electron chi connectivity index (χ0n) is 12.3. The van der Waals surface area contributed by atoms with Crippen molar-refractivity contribution in [3.8, 4) is 5.75 Å². The number of benzene rings is 2. The van der Waals surface area contributed by atoms with Crippen LogP contribution in [-0.4, -0.2) is 12.0 Å². The molecule has 5 nitrogen and oxygen atoms in total. The largest absolute Gasteiger partial charge is 0.496 e. The maximum Gasteiger partial charge on any atom is 0.275 e. The van der Waals surface area contributed by atoms with E-state index in [0.29, 0.717) is 11.4 Å². The molecule has 5 heteroatoms. The van der Waals surface area contributed by atoms with Crippen LogP contribution in [0.3, 0.4) is 0 Å². The first-order valence-electron chi connectivity index (χ1n) is 6.67. The zero-order chi connectivity index (χ0) is 15.4. The van der Waals surface area contributed by atoms with E-state index in [0.717, 1.165) is 5.56 Å². The molecule has 21 heavy (non-hydrogen) atoms. The van der Waals surface area contributed by atoms with Crippen LogP contribution in [0.4, 0.5) is 11.4 Å². The van der Waals surface area contributed by atoms with Crippen molar-refractivity contribution in [3.05, 3.63) is 63.7 Å². The average Bonchev–Trinajstić information content (AvgIpc) is 2.47. The molecule has 1 atom stereocenters. The van der Waals surface area contributed by atoms with E-state index in [4.69, 9.17) is 4.74 Å². The first-order chi connectivity index (χ1) is 10.0. The van der Waals surface area contributed by atoms with Gasteiger partial charge in [0.1, 0.15) is 5.75 Å². The number of nitro benzene ring substituents is 1. The van der Waals surface area contributed by atoms with Gasteiger partial charge < -0.3 is 10.1 Å². The molecule has 2 aromatic rings. The lowest BCUT2D eigenvalue weighted by atomic mass is 10.0. The molecule has 0 aromatic heterocycles. The van der Waals surface area contributed by atoms with Gasteiger partial charge in [-0.1, -0.05) is 24.3 Å². The van der Waals surface area contributed by atoms with E-state index < -0.39 is 4.92 Å². The predicted molar refractivity (Wildman–Crippen MR) is 82.9 cm³/mol. The second kappa shape index (κ2) is 6.26. The van der Waals surface area contributed by atoms with Crippen molar-refractivity contribution in [2.75, 3.05) is 12.4 Å². The standard InChI is InChI=1S/C16H18N2O3/c1-11-6-4-5-7-16(11)12(2)17-13-8-14(18(19)20)10-15(9-13)21-3/h4-10,12,17H,1-3H3. The highest BCUT2D eigenvalue weighted by molar-refractivity contribution is 5.57. The average molecular weight is 286 g/mol. The molecule has 1 N–H and O–H groups in total. The van der Waals surface area contributed by atoms with E-state index >= 15 is 0 Å². The highest BCUT2D eigenvalue weighted by atomic mass is 16.6. The Bertz CT molecular complexity index is 656. The summed E-state index contributed by atoms with van der Waals surface area (Å²) in [6.07, 6.45) is 0.